The first kappa shape index (κ1) is 25.4. The molecule has 1 aliphatic heterocycles. The second kappa shape index (κ2) is 10.6. The second-order valence-electron chi connectivity index (χ2n) is 9.61. The zero-order valence-electron chi connectivity index (χ0n) is 21.4. The highest BCUT2D eigenvalue weighted by Gasteiger charge is 2.47. The highest BCUT2D eigenvalue weighted by Crippen LogP contribution is 2.43. The van der Waals surface area contributed by atoms with Gasteiger partial charge in [0.2, 0.25) is 0 Å². The normalized spacial score (nSPS) is 16.8. The molecule has 1 N–H and O–H groups in total. The third kappa shape index (κ3) is 4.97. The zero-order chi connectivity index (χ0) is 26.8. The van der Waals surface area contributed by atoms with Crippen LogP contribution in [0.15, 0.2) is 89.9 Å². The number of ether oxygens (including phenoxy) is 1. The first-order valence-corrected chi connectivity index (χ1v) is 13.3. The van der Waals surface area contributed by atoms with Crippen LogP contribution in [0, 0.1) is 6.92 Å². The molecule has 1 amide bonds. The van der Waals surface area contributed by atoms with Crippen LogP contribution in [0.3, 0.4) is 0 Å². The lowest BCUT2D eigenvalue weighted by Gasteiger charge is -2.23. The van der Waals surface area contributed by atoms with E-state index in [1.165, 1.54) is 16.2 Å². The van der Waals surface area contributed by atoms with Crippen LogP contribution in [0.2, 0.25) is 0 Å². The Morgan fingerprint density at radius 2 is 1.79 bits per heavy atom. The number of carbonyl (C=O) groups excluding carboxylic acids is 2. The largest absolute Gasteiger partial charge is 0.507 e. The minimum atomic E-state index is -0.792. The summed E-state index contributed by atoms with van der Waals surface area (Å²) in [5.74, 6) is -0.716. The highest BCUT2D eigenvalue weighted by atomic mass is 32.1. The Kier molecular flexibility index (Phi) is 7.11. The van der Waals surface area contributed by atoms with Crippen molar-refractivity contribution < 1.29 is 19.4 Å². The van der Waals surface area contributed by atoms with Crippen molar-refractivity contribution in [1.82, 2.24) is 4.98 Å². The molecule has 0 spiro atoms. The molecule has 3 aromatic carbocycles. The molecule has 6 nitrogen and oxygen atoms in total. The van der Waals surface area contributed by atoms with Gasteiger partial charge in [-0.1, -0.05) is 67.9 Å². The van der Waals surface area contributed by atoms with Crippen molar-refractivity contribution in [1.29, 1.82) is 0 Å². The van der Waals surface area contributed by atoms with Gasteiger partial charge in [-0.15, -0.1) is 11.3 Å². The van der Waals surface area contributed by atoms with Gasteiger partial charge < -0.3 is 9.84 Å². The van der Waals surface area contributed by atoms with Gasteiger partial charge in [0.1, 0.15) is 18.1 Å². The SMILES string of the molecule is Cc1cccc(COc2ccc(/C(O)=C3\C(=O)C(=O)N(c4nccs4)[C@H]3c3ccc(C(C)C)cc3)cc2)c1. The average molecular weight is 525 g/mol. The molecule has 38 heavy (non-hydrogen) atoms. The minimum absolute atomic E-state index is 0.0379. The second-order valence-corrected chi connectivity index (χ2v) is 10.5. The molecular formula is C31H28N2O4S. The average Bonchev–Trinajstić information content (AvgIpc) is 3.54. The number of aliphatic hydroxyl groups excluding tert-OH is 1. The monoisotopic (exact) mass is 524 g/mol. The summed E-state index contributed by atoms with van der Waals surface area (Å²) in [6.45, 7) is 6.65. The van der Waals surface area contributed by atoms with Gasteiger partial charge in [0.25, 0.3) is 5.78 Å². The van der Waals surface area contributed by atoms with Crippen LogP contribution in [0.5, 0.6) is 5.75 Å². The lowest BCUT2D eigenvalue weighted by atomic mass is 9.93. The van der Waals surface area contributed by atoms with E-state index in [1.54, 1.807) is 35.8 Å². The summed E-state index contributed by atoms with van der Waals surface area (Å²) in [7, 11) is 0. The Balaban J connectivity index is 1.49. The quantitative estimate of drug-likeness (QED) is 0.164. The molecule has 5 rings (SSSR count). The van der Waals surface area contributed by atoms with Crippen molar-refractivity contribution in [2.24, 2.45) is 0 Å². The van der Waals surface area contributed by atoms with Crippen molar-refractivity contribution in [2.45, 2.75) is 39.3 Å². The maximum atomic E-state index is 13.3. The lowest BCUT2D eigenvalue weighted by molar-refractivity contribution is -0.132. The molecule has 1 aromatic heterocycles. The van der Waals surface area contributed by atoms with Crippen LogP contribution >= 0.6 is 11.3 Å². The van der Waals surface area contributed by atoms with Gasteiger partial charge in [0, 0.05) is 17.1 Å². The lowest BCUT2D eigenvalue weighted by Crippen LogP contribution is -2.29. The van der Waals surface area contributed by atoms with E-state index in [4.69, 9.17) is 4.74 Å². The number of aliphatic hydroxyl groups is 1. The van der Waals surface area contributed by atoms with E-state index in [0.717, 1.165) is 22.3 Å². The highest BCUT2D eigenvalue weighted by molar-refractivity contribution is 7.14. The van der Waals surface area contributed by atoms with E-state index in [0.29, 0.717) is 29.0 Å². The summed E-state index contributed by atoms with van der Waals surface area (Å²) in [6, 6.07) is 22.0. The fourth-order valence-electron chi connectivity index (χ4n) is 4.58. The molecule has 2 heterocycles. The van der Waals surface area contributed by atoms with Gasteiger partial charge in [-0.05, 0) is 53.8 Å². The number of aryl methyl sites for hydroxylation is 1. The molecular weight excluding hydrogens is 496 g/mol. The van der Waals surface area contributed by atoms with Crippen molar-refractivity contribution in [3.05, 3.63) is 118 Å². The predicted molar refractivity (Wildman–Crippen MR) is 149 cm³/mol. The maximum absolute atomic E-state index is 13.3. The first-order valence-electron chi connectivity index (χ1n) is 12.4. The van der Waals surface area contributed by atoms with Crippen LogP contribution in [0.1, 0.15) is 53.6 Å². The van der Waals surface area contributed by atoms with Gasteiger partial charge >= 0.3 is 5.91 Å². The van der Waals surface area contributed by atoms with Gasteiger partial charge in [-0.3, -0.25) is 14.5 Å². The third-order valence-electron chi connectivity index (χ3n) is 6.60. The molecule has 1 aliphatic rings. The number of Topliss-reactive ketones (excluding diaryl/α,β-unsaturated/α-hetero) is 1. The molecule has 192 valence electrons. The fraction of sp³-hybridized carbons (Fsp3) is 0.194. The molecule has 0 saturated carbocycles. The molecule has 1 fully saturated rings. The van der Waals surface area contributed by atoms with Crippen LogP contribution in [0.25, 0.3) is 5.76 Å². The van der Waals surface area contributed by atoms with E-state index in [-0.39, 0.29) is 11.3 Å². The van der Waals surface area contributed by atoms with E-state index in [9.17, 15) is 14.7 Å². The van der Waals surface area contributed by atoms with Gasteiger partial charge in [0.05, 0.1) is 11.6 Å². The van der Waals surface area contributed by atoms with Crippen LogP contribution < -0.4 is 9.64 Å². The number of ketones is 1. The molecule has 4 aromatic rings. The van der Waals surface area contributed by atoms with Gasteiger partial charge in [-0.2, -0.15) is 0 Å². The molecule has 0 radical (unpaired) electrons. The number of amides is 1. The number of aromatic nitrogens is 1. The number of hydrogen-bond acceptors (Lipinski definition) is 6. The number of anilines is 1. The standard InChI is InChI=1S/C31H28N2O4S/c1-19(2)22-7-9-23(10-8-22)27-26(29(35)30(36)33(27)31-32-15-16-38-31)28(34)24-11-13-25(14-12-24)37-18-21-6-4-5-20(3)17-21/h4-17,19,27,34H,18H2,1-3H3/b28-26+/t27-/m0/s1. The topological polar surface area (TPSA) is 79.7 Å². The number of benzene rings is 3. The number of carbonyl (C=O) groups is 2. The maximum Gasteiger partial charge on any atom is 0.301 e. The number of thiazole rings is 1. The Morgan fingerprint density at radius 1 is 1.05 bits per heavy atom. The van der Waals surface area contributed by atoms with Crippen LogP contribution in [-0.4, -0.2) is 21.8 Å². The molecule has 1 saturated heterocycles. The number of hydrogen-bond donors (Lipinski definition) is 1. The molecule has 7 heteroatoms. The van der Waals surface area contributed by atoms with Crippen molar-refractivity contribution in [3.63, 3.8) is 0 Å². The summed E-state index contributed by atoms with van der Waals surface area (Å²) < 4.78 is 5.90. The summed E-state index contributed by atoms with van der Waals surface area (Å²) in [5, 5.41) is 13.5. The van der Waals surface area contributed by atoms with Crippen molar-refractivity contribution in [3.8, 4) is 5.75 Å². The van der Waals surface area contributed by atoms with Gasteiger partial charge in [-0.25, -0.2) is 4.98 Å². The Morgan fingerprint density at radius 3 is 2.42 bits per heavy atom. The third-order valence-corrected chi connectivity index (χ3v) is 7.38. The molecule has 0 unspecified atom stereocenters. The zero-order valence-corrected chi connectivity index (χ0v) is 22.2. The predicted octanol–water partition coefficient (Wildman–Crippen LogP) is 6.78. The van der Waals surface area contributed by atoms with E-state index < -0.39 is 17.7 Å². The summed E-state index contributed by atoms with van der Waals surface area (Å²) in [4.78, 5) is 32.1. The minimum Gasteiger partial charge on any atom is -0.507 e. The van der Waals surface area contributed by atoms with Crippen LogP contribution in [-0.2, 0) is 16.2 Å². The summed E-state index contributed by atoms with van der Waals surface area (Å²) in [6.07, 6.45) is 1.59. The number of rotatable bonds is 7. The molecule has 1 atom stereocenters. The fourth-order valence-corrected chi connectivity index (χ4v) is 5.24. The number of nitrogens with zero attached hydrogens (tertiary/aromatic N) is 2. The van der Waals surface area contributed by atoms with Gasteiger partial charge in [0.15, 0.2) is 5.13 Å². The Labute approximate surface area is 225 Å². The molecule has 0 bridgehead atoms. The summed E-state index contributed by atoms with van der Waals surface area (Å²) in [5.41, 5.74) is 4.55. The van der Waals surface area contributed by atoms with E-state index >= 15 is 0 Å². The Bertz CT molecular complexity index is 1490. The van der Waals surface area contributed by atoms with Crippen molar-refractivity contribution >= 4 is 33.9 Å². The Hall–Kier alpha value is -4.23. The molecule has 0 aliphatic carbocycles. The summed E-state index contributed by atoms with van der Waals surface area (Å²) >= 11 is 1.27. The smallest absolute Gasteiger partial charge is 0.301 e. The van der Waals surface area contributed by atoms with E-state index in [2.05, 4.69) is 24.9 Å². The van der Waals surface area contributed by atoms with Crippen LogP contribution in [0.4, 0.5) is 5.13 Å². The van der Waals surface area contributed by atoms with E-state index in [1.807, 2.05) is 49.4 Å². The van der Waals surface area contributed by atoms with Crippen molar-refractivity contribution in [2.75, 3.05) is 4.90 Å². The first-order chi connectivity index (χ1) is 18.3.